The number of amides is 2. The van der Waals surface area contributed by atoms with Gasteiger partial charge >= 0.3 is 0 Å². The molecule has 26 heavy (non-hydrogen) atoms. The number of anilines is 2. The van der Waals surface area contributed by atoms with E-state index in [4.69, 9.17) is 11.6 Å². The van der Waals surface area contributed by atoms with Crippen molar-refractivity contribution in [2.75, 3.05) is 16.8 Å². The molecule has 2 aromatic rings. The minimum absolute atomic E-state index is 0.0824. The lowest BCUT2D eigenvalue weighted by Crippen LogP contribution is -2.34. The van der Waals surface area contributed by atoms with Crippen LogP contribution in [0.25, 0.3) is 0 Å². The summed E-state index contributed by atoms with van der Waals surface area (Å²) >= 11 is 5.85. The van der Waals surface area contributed by atoms with Gasteiger partial charge in [-0.15, -0.1) is 0 Å². The van der Waals surface area contributed by atoms with Crippen LogP contribution in [0, 0.1) is 0 Å². The van der Waals surface area contributed by atoms with Crippen molar-refractivity contribution in [2.24, 2.45) is 0 Å². The first-order valence-corrected chi connectivity index (χ1v) is 8.99. The molecule has 0 saturated carbocycles. The third-order valence-corrected chi connectivity index (χ3v) is 4.33. The third-order valence-electron chi connectivity index (χ3n) is 4.07. The molecule has 0 bridgehead atoms. The second-order valence-corrected chi connectivity index (χ2v) is 7.68. The molecule has 0 heterocycles. The molecule has 0 radical (unpaired) electrons. The van der Waals surface area contributed by atoms with Gasteiger partial charge in [0.2, 0.25) is 11.8 Å². The Kier molecular flexibility index (Phi) is 6.43. The van der Waals surface area contributed by atoms with Crippen molar-refractivity contribution in [1.29, 1.82) is 0 Å². The van der Waals surface area contributed by atoms with Crippen LogP contribution in [0.5, 0.6) is 0 Å². The summed E-state index contributed by atoms with van der Waals surface area (Å²) in [5, 5.41) is 3.44. The first-order chi connectivity index (χ1) is 12.2. The Morgan fingerprint density at radius 1 is 1.04 bits per heavy atom. The maximum Gasteiger partial charge on any atom is 0.226 e. The first kappa shape index (κ1) is 20.0. The van der Waals surface area contributed by atoms with E-state index in [1.807, 2.05) is 24.3 Å². The molecule has 0 aromatic heterocycles. The zero-order valence-corrected chi connectivity index (χ0v) is 16.4. The number of benzene rings is 2. The van der Waals surface area contributed by atoms with Gasteiger partial charge in [0.05, 0.1) is 0 Å². The lowest BCUT2D eigenvalue weighted by Gasteiger charge is -2.29. The summed E-state index contributed by atoms with van der Waals surface area (Å²) in [6.07, 6.45) is 0.209. The molecule has 0 spiro atoms. The van der Waals surface area contributed by atoms with Gasteiger partial charge in [-0.25, -0.2) is 0 Å². The lowest BCUT2D eigenvalue weighted by molar-refractivity contribution is -0.117. The fourth-order valence-corrected chi connectivity index (χ4v) is 2.89. The highest BCUT2D eigenvalue weighted by atomic mass is 35.5. The monoisotopic (exact) mass is 372 g/mol. The normalized spacial score (nSPS) is 11.1. The van der Waals surface area contributed by atoms with Crippen LogP contribution >= 0.6 is 11.6 Å². The Bertz CT molecular complexity index is 779. The highest BCUT2D eigenvalue weighted by Gasteiger charge is 2.23. The van der Waals surface area contributed by atoms with E-state index in [0.29, 0.717) is 17.3 Å². The van der Waals surface area contributed by atoms with Crippen molar-refractivity contribution in [3.05, 3.63) is 59.1 Å². The molecule has 0 aliphatic heterocycles. The molecule has 0 atom stereocenters. The van der Waals surface area contributed by atoms with E-state index in [1.54, 1.807) is 29.2 Å². The van der Waals surface area contributed by atoms with Crippen LogP contribution in [0.15, 0.2) is 48.5 Å². The second-order valence-electron chi connectivity index (χ2n) is 7.24. The van der Waals surface area contributed by atoms with E-state index in [-0.39, 0.29) is 23.7 Å². The van der Waals surface area contributed by atoms with E-state index in [2.05, 4.69) is 26.1 Å². The quantitative estimate of drug-likeness (QED) is 0.801. The highest BCUT2D eigenvalue weighted by Crippen LogP contribution is 2.32. The van der Waals surface area contributed by atoms with Crippen molar-refractivity contribution in [3.8, 4) is 0 Å². The Morgan fingerprint density at radius 3 is 2.23 bits per heavy atom. The lowest BCUT2D eigenvalue weighted by atomic mass is 9.85. The van der Waals surface area contributed by atoms with E-state index in [0.717, 1.165) is 11.3 Å². The average molecular weight is 373 g/mol. The number of hydrogen-bond acceptors (Lipinski definition) is 2. The Balaban J connectivity index is 2.11. The highest BCUT2D eigenvalue weighted by molar-refractivity contribution is 6.30. The van der Waals surface area contributed by atoms with Crippen molar-refractivity contribution in [2.45, 2.75) is 39.5 Å². The van der Waals surface area contributed by atoms with Crippen molar-refractivity contribution >= 4 is 34.8 Å². The largest absolute Gasteiger partial charge is 0.326 e. The Morgan fingerprint density at radius 2 is 1.65 bits per heavy atom. The predicted octanol–water partition coefficient (Wildman–Crippen LogP) is 5.02. The van der Waals surface area contributed by atoms with Gasteiger partial charge in [-0.2, -0.15) is 0 Å². The molecular weight excluding hydrogens is 348 g/mol. The number of carbonyl (C=O) groups excluding carboxylic acids is 2. The smallest absolute Gasteiger partial charge is 0.226 e. The number of nitrogens with zero attached hydrogens (tertiary/aromatic N) is 1. The number of hydrogen-bond donors (Lipinski definition) is 1. The molecule has 2 aromatic carbocycles. The van der Waals surface area contributed by atoms with Crippen molar-refractivity contribution in [3.63, 3.8) is 0 Å². The number of rotatable bonds is 5. The van der Waals surface area contributed by atoms with Gasteiger partial charge in [-0.3, -0.25) is 9.59 Å². The number of carbonyl (C=O) groups is 2. The third kappa shape index (κ3) is 5.33. The molecule has 0 aliphatic rings. The van der Waals surface area contributed by atoms with E-state index in [9.17, 15) is 9.59 Å². The average Bonchev–Trinajstić information content (AvgIpc) is 2.56. The maximum absolute atomic E-state index is 12.3. The minimum atomic E-state index is -0.146. The summed E-state index contributed by atoms with van der Waals surface area (Å²) in [5.41, 5.74) is 2.51. The fraction of sp³-hybridized carbons (Fsp3) is 0.333. The van der Waals surface area contributed by atoms with Crippen molar-refractivity contribution in [1.82, 2.24) is 0 Å². The summed E-state index contributed by atoms with van der Waals surface area (Å²) in [6.45, 7) is 8.17. The predicted molar refractivity (Wildman–Crippen MR) is 108 cm³/mol. The topological polar surface area (TPSA) is 49.4 Å². The van der Waals surface area contributed by atoms with Crippen LogP contribution in [0.3, 0.4) is 0 Å². The minimum Gasteiger partial charge on any atom is -0.326 e. The number of halogens is 1. The van der Waals surface area contributed by atoms with E-state index < -0.39 is 0 Å². The summed E-state index contributed by atoms with van der Waals surface area (Å²) in [5.74, 6) is -0.229. The SMILES string of the molecule is CC(=O)N(CCC(=O)Nc1ccc(Cl)cc1)c1ccccc1C(C)(C)C. The van der Waals surface area contributed by atoms with Gasteiger partial charge in [0.25, 0.3) is 0 Å². The molecule has 1 N–H and O–H groups in total. The van der Waals surface area contributed by atoms with Gasteiger partial charge in [0.1, 0.15) is 0 Å². The second kappa shape index (κ2) is 8.37. The van der Waals surface area contributed by atoms with Crippen LogP contribution in [0.2, 0.25) is 5.02 Å². The molecule has 4 nitrogen and oxygen atoms in total. The molecule has 2 rings (SSSR count). The summed E-state index contributed by atoms with van der Waals surface area (Å²) < 4.78 is 0. The van der Waals surface area contributed by atoms with Crippen LogP contribution < -0.4 is 10.2 Å². The zero-order chi connectivity index (χ0) is 19.3. The number of nitrogens with one attached hydrogen (secondary N) is 1. The molecule has 0 fully saturated rings. The van der Waals surface area contributed by atoms with E-state index >= 15 is 0 Å². The molecule has 0 aliphatic carbocycles. The van der Waals surface area contributed by atoms with Crippen LogP contribution in [-0.2, 0) is 15.0 Å². The maximum atomic E-state index is 12.3. The molecule has 0 unspecified atom stereocenters. The molecule has 2 amide bonds. The van der Waals surface area contributed by atoms with Gasteiger partial charge in [0.15, 0.2) is 0 Å². The van der Waals surface area contributed by atoms with Crippen molar-refractivity contribution < 1.29 is 9.59 Å². The summed E-state index contributed by atoms with van der Waals surface area (Å²) in [6, 6.07) is 14.8. The summed E-state index contributed by atoms with van der Waals surface area (Å²) in [4.78, 5) is 26.1. The van der Waals surface area contributed by atoms with Gasteiger partial charge in [0, 0.05) is 36.3 Å². The standard InChI is InChI=1S/C21H25ClN2O2/c1-15(25)24(19-8-6-5-7-18(19)21(2,3)4)14-13-20(26)23-17-11-9-16(22)10-12-17/h5-12H,13-14H2,1-4H3,(H,23,26). The molecule has 5 heteroatoms. The molecular formula is C21H25ClN2O2. The van der Waals surface area contributed by atoms with Crippen LogP contribution in [0.1, 0.15) is 39.7 Å². The van der Waals surface area contributed by atoms with Gasteiger partial charge < -0.3 is 10.2 Å². The van der Waals surface area contributed by atoms with E-state index in [1.165, 1.54) is 6.92 Å². The molecule has 138 valence electrons. The fourth-order valence-electron chi connectivity index (χ4n) is 2.76. The van der Waals surface area contributed by atoms with Crippen LogP contribution in [-0.4, -0.2) is 18.4 Å². The molecule has 0 saturated heterocycles. The van der Waals surface area contributed by atoms with Crippen LogP contribution in [0.4, 0.5) is 11.4 Å². The Hall–Kier alpha value is -2.33. The number of para-hydroxylation sites is 1. The first-order valence-electron chi connectivity index (χ1n) is 8.61. The zero-order valence-electron chi connectivity index (χ0n) is 15.7. The van der Waals surface area contributed by atoms with Gasteiger partial charge in [-0.05, 0) is 41.3 Å². The van der Waals surface area contributed by atoms with Gasteiger partial charge in [-0.1, -0.05) is 50.6 Å². The Labute approximate surface area is 160 Å². The summed E-state index contributed by atoms with van der Waals surface area (Å²) in [7, 11) is 0.